The summed E-state index contributed by atoms with van der Waals surface area (Å²) in [5, 5.41) is 8.51. The first-order valence-electron chi connectivity index (χ1n) is 3.00. The van der Waals surface area contributed by atoms with E-state index in [9.17, 15) is 0 Å². The zero-order valence-corrected chi connectivity index (χ0v) is 5.49. The van der Waals surface area contributed by atoms with E-state index >= 15 is 0 Å². The minimum Gasteiger partial charge on any atom is -0.396 e. The predicted molar refractivity (Wildman–Crippen MR) is 37.2 cm³/mol. The maximum Gasteiger partial charge on any atom is 0.126 e. The molecule has 0 atom stereocenters. The molecule has 1 rings (SSSR count). The smallest absolute Gasteiger partial charge is 0.126 e. The average molecular weight is 139 g/mol. The number of aliphatic hydroxyl groups is 1. The van der Waals surface area contributed by atoms with Crippen LogP contribution in [0.4, 0.5) is 5.82 Å². The highest BCUT2D eigenvalue weighted by Gasteiger charge is 1.92. The Labute approximate surface area is 58.7 Å². The highest BCUT2D eigenvalue weighted by Crippen LogP contribution is 1.98. The molecule has 0 fully saturated rings. The largest absolute Gasteiger partial charge is 0.396 e. The van der Waals surface area contributed by atoms with E-state index in [-0.39, 0.29) is 6.61 Å². The summed E-state index contributed by atoms with van der Waals surface area (Å²) in [7, 11) is 0. The van der Waals surface area contributed by atoms with Crippen LogP contribution < -0.4 is 5.73 Å². The molecule has 0 aliphatic heterocycles. The number of aliphatic hydroxyl groups excluding tert-OH is 1. The Balaban J connectivity index is 2.75. The standard InChI is InChI=1S/C6H9N3O/c7-6-3-5(1-2-10)8-4-9-6/h3-4,10H,1-2H2,(H2,7,8,9). The fourth-order valence-electron chi connectivity index (χ4n) is 0.666. The van der Waals surface area contributed by atoms with Gasteiger partial charge in [-0.1, -0.05) is 0 Å². The van der Waals surface area contributed by atoms with Crippen LogP contribution in [0.5, 0.6) is 0 Å². The minimum absolute atomic E-state index is 0.0937. The van der Waals surface area contributed by atoms with Crippen LogP contribution in [0.2, 0.25) is 0 Å². The van der Waals surface area contributed by atoms with Crippen LogP contribution in [0.15, 0.2) is 12.4 Å². The Bertz CT molecular complexity index is 214. The summed E-state index contributed by atoms with van der Waals surface area (Å²) in [5.41, 5.74) is 6.13. The topological polar surface area (TPSA) is 72.0 Å². The number of hydrogen-bond acceptors (Lipinski definition) is 4. The molecule has 4 nitrogen and oxygen atoms in total. The first kappa shape index (κ1) is 6.95. The number of hydrogen-bond donors (Lipinski definition) is 2. The van der Waals surface area contributed by atoms with Gasteiger partial charge in [-0.05, 0) is 0 Å². The second kappa shape index (κ2) is 3.12. The molecular formula is C6H9N3O. The van der Waals surface area contributed by atoms with Crippen molar-refractivity contribution in [1.29, 1.82) is 0 Å². The van der Waals surface area contributed by atoms with Crippen molar-refractivity contribution in [3.05, 3.63) is 18.1 Å². The summed E-state index contributed by atoms with van der Waals surface area (Å²) in [6.45, 7) is 0.0937. The first-order valence-corrected chi connectivity index (χ1v) is 3.00. The van der Waals surface area contributed by atoms with E-state index in [1.54, 1.807) is 6.07 Å². The lowest BCUT2D eigenvalue weighted by molar-refractivity contribution is 0.298. The fourth-order valence-corrected chi connectivity index (χ4v) is 0.666. The second-order valence-electron chi connectivity index (χ2n) is 1.91. The number of aromatic nitrogens is 2. The van der Waals surface area contributed by atoms with Crippen LogP contribution in [0.1, 0.15) is 5.69 Å². The third-order valence-corrected chi connectivity index (χ3v) is 1.11. The van der Waals surface area contributed by atoms with Crippen molar-refractivity contribution in [2.24, 2.45) is 0 Å². The van der Waals surface area contributed by atoms with Gasteiger partial charge in [0.2, 0.25) is 0 Å². The van der Waals surface area contributed by atoms with Crippen LogP contribution in [0, 0.1) is 0 Å². The Morgan fingerprint density at radius 2 is 2.30 bits per heavy atom. The molecule has 0 amide bonds. The van der Waals surface area contributed by atoms with Gasteiger partial charge >= 0.3 is 0 Å². The molecule has 54 valence electrons. The highest BCUT2D eigenvalue weighted by molar-refractivity contribution is 5.27. The Morgan fingerprint density at radius 1 is 1.50 bits per heavy atom. The van der Waals surface area contributed by atoms with Gasteiger partial charge in [0.1, 0.15) is 12.1 Å². The second-order valence-corrected chi connectivity index (χ2v) is 1.91. The highest BCUT2D eigenvalue weighted by atomic mass is 16.3. The molecule has 0 aromatic carbocycles. The van der Waals surface area contributed by atoms with Gasteiger partial charge in [-0.2, -0.15) is 0 Å². The normalized spacial score (nSPS) is 9.70. The minimum atomic E-state index is 0.0937. The number of anilines is 1. The molecule has 0 saturated heterocycles. The molecule has 0 radical (unpaired) electrons. The summed E-state index contributed by atoms with van der Waals surface area (Å²) in [4.78, 5) is 7.59. The van der Waals surface area contributed by atoms with Gasteiger partial charge in [0, 0.05) is 24.8 Å². The van der Waals surface area contributed by atoms with Crippen LogP contribution in [-0.2, 0) is 6.42 Å². The van der Waals surface area contributed by atoms with Crippen LogP contribution in [0.3, 0.4) is 0 Å². The van der Waals surface area contributed by atoms with Crippen LogP contribution in [0.25, 0.3) is 0 Å². The molecule has 3 N–H and O–H groups in total. The van der Waals surface area contributed by atoms with E-state index < -0.39 is 0 Å². The SMILES string of the molecule is Nc1cc(CCO)ncn1. The van der Waals surface area contributed by atoms with Crippen molar-refractivity contribution < 1.29 is 5.11 Å². The monoisotopic (exact) mass is 139 g/mol. The molecule has 0 spiro atoms. The zero-order chi connectivity index (χ0) is 7.40. The van der Waals surface area contributed by atoms with E-state index in [4.69, 9.17) is 10.8 Å². The van der Waals surface area contributed by atoms with Crippen molar-refractivity contribution in [1.82, 2.24) is 9.97 Å². The van der Waals surface area contributed by atoms with Crippen LogP contribution >= 0.6 is 0 Å². The van der Waals surface area contributed by atoms with E-state index in [2.05, 4.69) is 9.97 Å². The molecule has 0 saturated carbocycles. The molecule has 0 aliphatic rings. The summed E-state index contributed by atoms with van der Waals surface area (Å²) >= 11 is 0. The third-order valence-electron chi connectivity index (χ3n) is 1.11. The first-order chi connectivity index (χ1) is 4.83. The lowest BCUT2D eigenvalue weighted by atomic mass is 10.3. The van der Waals surface area contributed by atoms with E-state index in [0.29, 0.717) is 12.2 Å². The molecular weight excluding hydrogens is 130 g/mol. The number of nitrogens with zero attached hydrogens (tertiary/aromatic N) is 2. The predicted octanol–water partition coefficient (Wildman–Crippen LogP) is -0.406. The third kappa shape index (κ3) is 1.66. The molecule has 10 heavy (non-hydrogen) atoms. The van der Waals surface area contributed by atoms with Gasteiger partial charge in [0.25, 0.3) is 0 Å². The number of nitrogen functional groups attached to an aromatic ring is 1. The maximum absolute atomic E-state index is 8.51. The molecule has 1 aromatic rings. The van der Waals surface area contributed by atoms with Crippen molar-refractivity contribution >= 4 is 5.82 Å². The average Bonchev–Trinajstić information content (AvgIpc) is 1.88. The number of rotatable bonds is 2. The van der Waals surface area contributed by atoms with Gasteiger partial charge in [0.15, 0.2) is 0 Å². The quantitative estimate of drug-likeness (QED) is 0.584. The summed E-state index contributed by atoms with van der Waals surface area (Å²) in [6.07, 6.45) is 1.92. The van der Waals surface area contributed by atoms with Crippen molar-refractivity contribution in [3.63, 3.8) is 0 Å². The van der Waals surface area contributed by atoms with E-state index in [0.717, 1.165) is 5.69 Å². The maximum atomic E-state index is 8.51. The van der Waals surface area contributed by atoms with Crippen molar-refractivity contribution in [2.45, 2.75) is 6.42 Å². The molecule has 0 bridgehead atoms. The van der Waals surface area contributed by atoms with Gasteiger partial charge in [-0.25, -0.2) is 9.97 Å². The lowest BCUT2D eigenvalue weighted by Gasteiger charge is -1.95. The molecule has 1 heterocycles. The van der Waals surface area contributed by atoms with Gasteiger partial charge in [-0.15, -0.1) is 0 Å². The van der Waals surface area contributed by atoms with E-state index in [1.165, 1.54) is 6.33 Å². The zero-order valence-electron chi connectivity index (χ0n) is 5.49. The van der Waals surface area contributed by atoms with Crippen molar-refractivity contribution in [3.8, 4) is 0 Å². The molecule has 1 aromatic heterocycles. The molecule has 0 aliphatic carbocycles. The summed E-state index contributed by atoms with van der Waals surface area (Å²) in [6, 6.07) is 1.65. The number of nitrogens with two attached hydrogens (primary N) is 1. The summed E-state index contributed by atoms with van der Waals surface area (Å²) < 4.78 is 0. The Hall–Kier alpha value is -1.16. The summed E-state index contributed by atoms with van der Waals surface area (Å²) in [5.74, 6) is 0.443. The van der Waals surface area contributed by atoms with Gasteiger partial charge in [0.05, 0.1) is 0 Å². The van der Waals surface area contributed by atoms with Crippen molar-refractivity contribution in [2.75, 3.05) is 12.3 Å². The van der Waals surface area contributed by atoms with Gasteiger partial charge in [-0.3, -0.25) is 0 Å². The van der Waals surface area contributed by atoms with Crippen LogP contribution in [-0.4, -0.2) is 21.7 Å². The molecule has 4 heteroatoms. The van der Waals surface area contributed by atoms with E-state index in [1.807, 2.05) is 0 Å². The molecule has 0 unspecified atom stereocenters. The lowest BCUT2D eigenvalue weighted by Crippen LogP contribution is -1.98. The van der Waals surface area contributed by atoms with Gasteiger partial charge < -0.3 is 10.8 Å². The Morgan fingerprint density at radius 3 is 2.90 bits per heavy atom. The Kier molecular flexibility index (Phi) is 2.17. The fraction of sp³-hybridized carbons (Fsp3) is 0.333.